The van der Waals surface area contributed by atoms with E-state index in [9.17, 15) is 4.79 Å². The molecule has 0 spiro atoms. The van der Waals surface area contributed by atoms with Crippen LogP contribution in [0.4, 0.5) is 0 Å². The first-order valence-electron chi connectivity index (χ1n) is 6.20. The Morgan fingerprint density at radius 2 is 2.39 bits per heavy atom. The monoisotopic (exact) mass is 267 g/mol. The summed E-state index contributed by atoms with van der Waals surface area (Å²) in [5.41, 5.74) is 0.645. The molecule has 1 aromatic heterocycles. The second-order valence-electron chi connectivity index (χ2n) is 4.14. The average molecular weight is 267 g/mol. The van der Waals surface area contributed by atoms with E-state index in [4.69, 9.17) is 0 Å². The van der Waals surface area contributed by atoms with Crippen molar-refractivity contribution in [2.24, 2.45) is 0 Å². The molecule has 1 atom stereocenters. The Balaban J connectivity index is 2.51. The third kappa shape index (κ3) is 4.63. The third-order valence-corrected chi connectivity index (χ3v) is 3.73. The Kier molecular flexibility index (Phi) is 6.68. The molecule has 0 amide bonds. The van der Waals surface area contributed by atoms with E-state index in [0.717, 1.165) is 12.8 Å². The molecule has 1 unspecified atom stereocenters. The van der Waals surface area contributed by atoms with Gasteiger partial charge in [-0.05, 0) is 24.8 Å². The van der Waals surface area contributed by atoms with Crippen LogP contribution in [0, 0.1) is 0 Å². The fraction of sp³-hybridized carbons (Fsp3) is 0.500. The van der Waals surface area contributed by atoms with E-state index in [0.29, 0.717) is 18.2 Å². The lowest BCUT2D eigenvalue weighted by atomic mass is 10.1. The van der Waals surface area contributed by atoms with Crippen molar-refractivity contribution in [2.75, 3.05) is 13.7 Å². The van der Waals surface area contributed by atoms with E-state index in [1.807, 2.05) is 6.08 Å². The molecule has 18 heavy (non-hydrogen) atoms. The van der Waals surface area contributed by atoms with E-state index in [-0.39, 0.29) is 5.97 Å². The molecule has 0 aromatic carbocycles. The summed E-state index contributed by atoms with van der Waals surface area (Å²) in [4.78, 5) is 12.6. The highest BCUT2D eigenvalue weighted by Gasteiger charge is 2.10. The number of ether oxygens (including phenoxy) is 1. The van der Waals surface area contributed by atoms with Crippen molar-refractivity contribution in [3.8, 4) is 0 Å². The lowest BCUT2D eigenvalue weighted by molar-refractivity contribution is -0.136. The molecule has 0 aliphatic rings. The number of hydrogen-bond acceptors (Lipinski definition) is 4. The van der Waals surface area contributed by atoms with Gasteiger partial charge in [0.1, 0.15) is 0 Å². The summed E-state index contributed by atoms with van der Waals surface area (Å²) in [6.07, 6.45) is 4.11. The fourth-order valence-electron chi connectivity index (χ4n) is 1.72. The van der Waals surface area contributed by atoms with Gasteiger partial charge in [0, 0.05) is 23.0 Å². The second kappa shape index (κ2) is 8.06. The van der Waals surface area contributed by atoms with Crippen LogP contribution in [-0.2, 0) is 9.53 Å². The molecule has 0 fully saturated rings. The maximum Gasteiger partial charge on any atom is 0.333 e. The lowest BCUT2D eigenvalue weighted by Crippen LogP contribution is -2.21. The highest BCUT2D eigenvalue weighted by Crippen LogP contribution is 2.22. The third-order valence-electron chi connectivity index (χ3n) is 2.74. The summed E-state index contributed by atoms with van der Waals surface area (Å²) in [5, 5.41) is 5.55. The molecule has 3 nitrogen and oxygen atoms in total. The minimum absolute atomic E-state index is 0.264. The van der Waals surface area contributed by atoms with E-state index in [1.165, 1.54) is 12.0 Å². The number of methoxy groups -OCH3 is 1. The zero-order chi connectivity index (χ0) is 13.4. The number of rotatable bonds is 7. The fourth-order valence-corrected chi connectivity index (χ4v) is 2.56. The van der Waals surface area contributed by atoms with Gasteiger partial charge in [0.25, 0.3) is 0 Å². The van der Waals surface area contributed by atoms with E-state index < -0.39 is 0 Å². The van der Waals surface area contributed by atoms with Gasteiger partial charge in [0.05, 0.1) is 7.11 Å². The second-order valence-corrected chi connectivity index (χ2v) is 5.12. The van der Waals surface area contributed by atoms with Gasteiger partial charge in [-0.2, -0.15) is 0 Å². The van der Waals surface area contributed by atoms with Crippen molar-refractivity contribution in [1.29, 1.82) is 0 Å². The smallest absolute Gasteiger partial charge is 0.333 e. The number of nitrogens with one attached hydrogen (secondary N) is 1. The number of carbonyl (C=O) groups is 1. The van der Waals surface area contributed by atoms with Crippen LogP contribution >= 0.6 is 11.3 Å². The van der Waals surface area contributed by atoms with Crippen LogP contribution in [0.5, 0.6) is 0 Å². The molecule has 0 aliphatic carbocycles. The molecule has 0 saturated heterocycles. The highest BCUT2D eigenvalue weighted by molar-refractivity contribution is 7.10. The molecule has 0 radical (unpaired) electrons. The van der Waals surface area contributed by atoms with Crippen molar-refractivity contribution in [3.05, 3.63) is 34.0 Å². The first-order chi connectivity index (χ1) is 8.69. The van der Waals surface area contributed by atoms with E-state index in [1.54, 1.807) is 18.3 Å². The topological polar surface area (TPSA) is 38.3 Å². The van der Waals surface area contributed by atoms with E-state index in [2.05, 4.69) is 34.5 Å². The van der Waals surface area contributed by atoms with Crippen molar-refractivity contribution in [3.63, 3.8) is 0 Å². The number of thiophene rings is 1. The number of esters is 1. The van der Waals surface area contributed by atoms with Crippen LogP contribution in [-0.4, -0.2) is 19.6 Å². The van der Waals surface area contributed by atoms with Gasteiger partial charge in [-0.25, -0.2) is 4.79 Å². The van der Waals surface area contributed by atoms with Gasteiger partial charge < -0.3 is 10.1 Å². The molecule has 1 heterocycles. The summed E-state index contributed by atoms with van der Waals surface area (Å²) in [6, 6.07) is 4.59. The maximum absolute atomic E-state index is 11.2. The summed E-state index contributed by atoms with van der Waals surface area (Å²) in [7, 11) is 1.40. The molecular weight excluding hydrogens is 246 g/mol. The van der Waals surface area contributed by atoms with Crippen molar-refractivity contribution < 1.29 is 9.53 Å². The Hall–Kier alpha value is -1.13. The Morgan fingerprint density at radius 1 is 1.61 bits per heavy atom. The van der Waals surface area contributed by atoms with Gasteiger partial charge >= 0.3 is 5.97 Å². The first-order valence-corrected chi connectivity index (χ1v) is 7.08. The average Bonchev–Trinajstić information content (AvgIpc) is 2.90. The van der Waals surface area contributed by atoms with Crippen LogP contribution in [0.3, 0.4) is 0 Å². The van der Waals surface area contributed by atoms with Gasteiger partial charge in [0.15, 0.2) is 0 Å². The van der Waals surface area contributed by atoms with Gasteiger partial charge in [-0.15, -0.1) is 11.3 Å². The minimum Gasteiger partial charge on any atom is -0.466 e. The molecule has 0 saturated carbocycles. The van der Waals surface area contributed by atoms with Crippen molar-refractivity contribution in [1.82, 2.24) is 5.32 Å². The predicted octanol–water partition coefficient (Wildman–Crippen LogP) is 3.30. The van der Waals surface area contributed by atoms with Crippen molar-refractivity contribution in [2.45, 2.75) is 32.7 Å². The predicted molar refractivity (Wildman–Crippen MR) is 75.7 cm³/mol. The van der Waals surface area contributed by atoms with Gasteiger partial charge in [-0.1, -0.05) is 25.5 Å². The molecule has 1 aromatic rings. The quantitative estimate of drug-likeness (QED) is 0.608. The molecule has 4 heteroatoms. The first kappa shape index (κ1) is 14.9. The van der Waals surface area contributed by atoms with Gasteiger partial charge in [0.2, 0.25) is 0 Å². The lowest BCUT2D eigenvalue weighted by Gasteiger charge is -2.15. The maximum atomic E-state index is 11.2. The summed E-state index contributed by atoms with van der Waals surface area (Å²) in [5.74, 6) is -0.264. The molecule has 1 rings (SSSR count). The highest BCUT2D eigenvalue weighted by atomic mass is 32.1. The Morgan fingerprint density at radius 3 is 2.94 bits per heavy atom. The van der Waals surface area contributed by atoms with Crippen LogP contribution in [0.1, 0.15) is 37.6 Å². The van der Waals surface area contributed by atoms with Crippen LogP contribution in [0.2, 0.25) is 0 Å². The Bertz CT molecular complexity index is 385. The van der Waals surface area contributed by atoms with Crippen LogP contribution in [0.15, 0.2) is 29.2 Å². The summed E-state index contributed by atoms with van der Waals surface area (Å²) in [6.45, 7) is 4.63. The summed E-state index contributed by atoms with van der Waals surface area (Å²) < 4.78 is 4.66. The standard InChI is InChI=1S/C14H21NO2S/c1-4-6-12(13-7-5-10-18-13)15-9-8-11(2)14(16)17-3/h5,7-8,10,12,15H,4,6,9H2,1-3H3/b11-8-. The largest absolute Gasteiger partial charge is 0.466 e. The van der Waals surface area contributed by atoms with Gasteiger partial charge in [-0.3, -0.25) is 0 Å². The summed E-state index contributed by atoms with van der Waals surface area (Å²) >= 11 is 1.77. The molecule has 1 N–H and O–H groups in total. The van der Waals surface area contributed by atoms with E-state index >= 15 is 0 Å². The number of carbonyl (C=O) groups excluding carboxylic acids is 1. The van der Waals surface area contributed by atoms with Crippen molar-refractivity contribution >= 4 is 17.3 Å². The zero-order valence-electron chi connectivity index (χ0n) is 11.2. The van der Waals surface area contributed by atoms with Crippen LogP contribution < -0.4 is 5.32 Å². The Labute approximate surface area is 113 Å². The molecule has 100 valence electrons. The number of hydrogen-bond donors (Lipinski definition) is 1. The zero-order valence-corrected chi connectivity index (χ0v) is 12.0. The molecule has 0 aliphatic heterocycles. The molecule has 0 bridgehead atoms. The molecular formula is C14H21NO2S. The SMILES string of the molecule is CCCC(NC/C=C(/C)C(=O)OC)c1cccs1. The minimum atomic E-state index is -0.264. The van der Waals surface area contributed by atoms with Crippen LogP contribution in [0.25, 0.3) is 0 Å². The normalized spacial score (nSPS) is 13.4.